The van der Waals surface area contributed by atoms with Gasteiger partial charge in [0.1, 0.15) is 24.8 Å². The monoisotopic (exact) mass is 675 g/mol. The van der Waals surface area contributed by atoms with Crippen LogP contribution in [0.2, 0.25) is 25.7 Å². The third-order valence-electron chi connectivity index (χ3n) is 7.70. The van der Waals surface area contributed by atoms with Crippen molar-refractivity contribution in [2.75, 3.05) is 11.9 Å². The van der Waals surface area contributed by atoms with E-state index in [1.54, 1.807) is 24.5 Å². The molecule has 0 radical (unpaired) electrons. The fourth-order valence-corrected chi connectivity index (χ4v) is 5.86. The Labute approximate surface area is 283 Å². The summed E-state index contributed by atoms with van der Waals surface area (Å²) >= 11 is 0. The van der Waals surface area contributed by atoms with Gasteiger partial charge >= 0.3 is 0 Å². The van der Waals surface area contributed by atoms with Crippen molar-refractivity contribution in [1.82, 2.24) is 39.6 Å². The van der Waals surface area contributed by atoms with Crippen molar-refractivity contribution in [3.63, 3.8) is 0 Å². The first kappa shape index (κ1) is 33.2. The van der Waals surface area contributed by atoms with Gasteiger partial charge in [-0.15, -0.1) is 5.10 Å². The lowest BCUT2D eigenvalue weighted by molar-refractivity contribution is -0.121. The number of aromatic amines is 1. The zero-order valence-electron chi connectivity index (χ0n) is 27.5. The lowest BCUT2D eigenvalue weighted by Crippen LogP contribution is -2.35. The molecule has 2 amide bonds. The van der Waals surface area contributed by atoms with E-state index >= 15 is 0 Å². The standard InChI is InChI=1S/C35H37N9O4Si/c1-49(2,3)17-16-48-23-44-33(25-12-8-5-9-13-25)41-31(42-44)34(46)40-29-21-38-32(24-10-6-4-7-11-24)43(35(29)47)22-30(45)37-20-27-18-26-19-36-15-14-28(26)39-27/h4-15,18-19,21,39H,16-17,20,22-23H2,1-3H3,(H,37,45)(H,40,46). The van der Waals surface area contributed by atoms with Crippen LogP contribution in [0.4, 0.5) is 5.69 Å². The van der Waals surface area contributed by atoms with Crippen LogP contribution < -0.4 is 16.2 Å². The Balaban J connectivity index is 1.23. The predicted octanol–water partition coefficient (Wildman–Crippen LogP) is 4.93. The number of hydrogen-bond donors (Lipinski definition) is 3. The number of amides is 2. The molecule has 4 heterocycles. The fourth-order valence-electron chi connectivity index (χ4n) is 5.10. The van der Waals surface area contributed by atoms with Crippen LogP contribution >= 0.6 is 0 Å². The molecule has 3 N–H and O–H groups in total. The number of ether oxygens (including phenoxy) is 1. The molecule has 0 unspecified atom stereocenters. The second-order valence-electron chi connectivity index (χ2n) is 12.7. The number of pyridine rings is 1. The lowest BCUT2D eigenvalue weighted by Gasteiger charge is -2.15. The molecule has 250 valence electrons. The summed E-state index contributed by atoms with van der Waals surface area (Å²) in [5, 5.41) is 10.8. The van der Waals surface area contributed by atoms with E-state index in [1.165, 1.54) is 15.4 Å². The quantitative estimate of drug-likeness (QED) is 0.115. The molecule has 49 heavy (non-hydrogen) atoms. The highest BCUT2D eigenvalue weighted by molar-refractivity contribution is 6.76. The van der Waals surface area contributed by atoms with Crippen molar-refractivity contribution in [3.8, 4) is 22.8 Å². The van der Waals surface area contributed by atoms with Crippen LogP contribution in [0.1, 0.15) is 16.3 Å². The Hall–Kier alpha value is -5.73. The largest absolute Gasteiger partial charge is 0.359 e. The van der Waals surface area contributed by atoms with Crippen molar-refractivity contribution in [3.05, 3.63) is 113 Å². The molecule has 4 aromatic heterocycles. The van der Waals surface area contributed by atoms with Crippen molar-refractivity contribution in [2.45, 2.75) is 45.5 Å². The number of hydrogen-bond acceptors (Lipinski definition) is 8. The van der Waals surface area contributed by atoms with Crippen LogP contribution in [0.25, 0.3) is 33.7 Å². The minimum Gasteiger partial charge on any atom is -0.359 e. The number of carbonyl (C=O) groups excluding carboxylic acids is 2. The maximum atomic E-state index is 13.9. The molecule has 13 nitrogen and oxygen atoms in total. The first-order chi connectivity index (χ1) is 23.6. The van der Waals surface area contributed by atoms with Crippen molar-refractivity contribution < 1.29 is 14.3 Å². The van der Waals surface area contributed by atoms with E-state index in [9.17, 15) is 14.4 Å². The summed E-state index contributed by atoms with van der Waals surface area (Å²) in [5.41, 5.74) is 2.36. The number of nitrogens with one attached hydrogen (secondary N) is 3. The average Bonchev–Trinajstić information content (AvgIpc) is 3.72. The molecular weight excluding hydrogens is 639 g/mol. The summed E-state index contributed by atoms with van der Waals surface area (Å²) in [6, 6.07) is 23.2. The number of fused-ring (bicyclic) bond motifs is 1. The molecule has 0 saturated carbocycles. The van der Waals surface area contributed by atoms with E-state index in [1.807, 2.05) is 60.7 Å². The highest BCUT2D eigenvalue weighted by atomic mass is 28.3. The molecule has 0 fully saturated rings. The van der Waals surface area contributed by atoms with Gasteiger partial charge in [-0.25, -0.2) is 14.6 Å². The zero-order chi connectivity index (χ0) is 34.4. The van der Waals surface area contributed by atoms with Crippen LogP contribution in [-0.4, -0.2) is 60.8 Å². The van der Waals surface area contributed by atoms with E-state index in [0.717, 1.165) is 28.2 Å². The van der Waals surface area contributed by atoms with Gasteiger partial charge in [0.05, 0.1) is 12.7 Å². The minimum absolute atomic E-state index is 0.111. The van der Waals surface area contributed by atoms with Gasteiger partial charge in [-0.3, -0.25) is 23.9 Å². The number of anilines is 1. The second-order valence-corrected chi connectivity index (χ2v) is 18.3. The fraction of sp³-hybridized carbons (Fsp3) is 0.229. The molecule has 6 aromatic rings. The molecule has 0 saturated heterocycles. The molecule has 0 aliphatic carbocycles. The van der Waals surface area contributed by atoms with Gasteiger partial charge in [-0.2, -0.15) is 0 Å². The topological polar surface area (TPSA) is 162 Å². The highest BCUT2D eigenvalue weighted by Crippen LogP contribution is 2.20. The predicted molar refractivity (Wildman–Crippen MR) is 189 cm³/mol. The van der Waals surface area contributed by atoms with Crippen LogP contribution in [0.3, 0.4) is 0 Å². The van der Waals surface area contributed by atoms with Gasteiger partial charge in [0.25, 0.3) is 11.5 Å². The summed E-state index contributed by atoms with van der Waals surface area (Å²) < 4.78 is 8.70. The average molecular weight is 676 g/mol. The van der Waals surface area contributed by atoms with E-state index in [4.69, 9.17) is 4.74 Å². The maximum absolute atomic E-state index is 13.9. The number of H-pyrrole nitrogens is 1. The first-order valence-electron chi connectivity index (χ1n) is 15.9. The Morgan fingerprint density at radius 1 is 0.939 bits per heavy atom. The molecule has 6 rings (SSSR count). The smallest absolute Gasteiger partial charge is 0.295 e. The van der Waals surface area contributed by atoms with Gasteiger partial charge in [0, 0.05) is 54.8 Å². The summed E-state index contributed by atoms with van der Waals surface area (Å²) in [6.45, 7) is 7.38. The Morgan fingerprint density at radius 3 is 2.35 bits per heavy atom. The van der Waals surface area contributed by atoms with E-state index in [2.05, 4.69) is 55.3 Å². The third kappa shape index (κ3) is 8.23. The Morgan fingerprint density at radius 2 is 1.65 bits per heavy atom. The van der Waals surface area contributed by atoms with E-state index < -0.39 is 25.4 Å². The zero-order valence-corrected chi connectivity index (χ0v) is 28.5. The maximum Gasteiger partial charge on any atom is 0.295 e. The molecule has 2 aromatic carbocycles. The summed E-state index contributed by atoms with van der Waals surface area (Å²) in [5.74, 6) is -0.523. The lowest BCUT2D eigenvalue weighted by atomic mass is 10.2. The molecule has 0 aliphatic heterocycles. The van der Waals surface area contributed by atoms with E-state index in [-0.39, 0.29) is 37.2 Å². The van der Waals surface area contributed by atoms with Crippen LogP contribution in [0.5, 0.6) is 0 Å². The normalized spacial score (nSPS) is 11.5. The van der Waals surface area contributed by atoms with Gasteiger partial charge in [-0.1, -0.05) is 80.3 Å². The minimum atomic E-state index is -1.30. The summed E-state index contributed by atoms with van der Waals surface area (Å²) in [6.07, 6.45) is 4.70. The van der Waals surface area contributed by atoms with Crippen LogP contribution in [0.15, 0.2) is 96.2 Å². The number of aromatic nitrogens is 7. The molecule has 0 spiro atoms. The first-order valence-corrected chi connectivity index (χ1v) is 19.6. The van der Waals surface area contributed by atoms with Gasteiger partial charge in [-0.05, 0) is 18.2 Å². The van der Waals surface area contributed by atoms with Crippen LogP contribution in [-0.2, 0) is 29.4 Å². The number of nitrogens with zero attached hydrogens (tertiary/aromatic N) is 6. The SMILES string of the molecule is C[Si](C)(C)CCOCn1nc(C(=O)Nc2cnc(-c3ccccc3)n(CC(=O)NCc3cc4cnccc4[nH]3)c2=O)nc1-c1ccccc1. The van der Waals surface area contributed by atoms with Crippen molar-refractivity contribution >= 4 is 36.5 Å². The van der Waals surface area contributed by atoms with Gasteiger partial charge < -0.3 is 20.4 Å². The number of benzene rings is 2. The molecule has 0 aliphatic rings. The second kappa shape index (κ2) is 14.6. The van der Waals surface area contributed by atoms with Crippen molar-refractivity contribution in [1.29, 1.82) is 0 Å². The van der Waals surface area contributed by atoms with Gasteiger partial charge in [0.15, 0.2) is 5.82 Å². The third-order valence-corrected chi connectivity index (χ3v) is 9.40. The Bertz CT molecular complexity index is 2100. The summed E-state index contributed by atoms with van der Waals surface area (Å²) in [7, 11) is -1.30. The molecule has 0 atom stereocenters. The van der Waals surface area contributed by atoms with E-state index in [0.29, 0.717) is 18.0 Å². The highest BCUT2D eigenvalue weighted by Gasteiger charge is 2.22. The Kier molecular flexibility index (Phi) is 9.87. The molecule has 0 bridgehead atoms. The van der Waals surface area contributed by atoms with Crippen LogP contribution in [0, 0.1) is 0 Å². The van der Waals surface area contributed by atoms with Gasteiger partial charge in [0.2, 0.25) is 11.7 Å². The molecule has 14 heteroatoms. The van der Waals surface area contributed by atoms with Crippen molar-refractivity contribution in [2.24, 2.45) is 0 Å². The number of rotatable bonds is 13. The molecular formula is C35H37N9O4Si. The summed E-state index contributed by atoms with van der Waals surface area (Å²) in [4.78, 5) is 56.9. The number of carbonyl (C=O) groups is 2.